The van der Waals surface area contributed by atoms with E-state index in [0.717, 1.165) is 34.3 Å². The molecule has 1 amide bonds. The first-order valence-electron chi connectivity index (χ1n) is 8.21. The monoisotopic (exact) mass is 409 g/mol. The van der Waals surface area contributed by atoms with Crippen LogP contribution in [0.15, 0.2) is 47.8 Å². The number of benzene rings is 1. The van der Waals surface area contributed by atoms with Crippen LogP contribution in [0.5, 0.6) is 0 Å². The molecule has 1 aliphatic rings. The van der Waals surface area contributed by atoms with Crippen LogP contribution < -0.4 is 11.1 Å². The van der Waals surface area contributed by atoms with E-state index in [1.165, 1.54) is 0 Å². The number of carbonyl (C=O) groups is 1. The Balaban J connectivity index is 0.00000121. The molecule has 1 aliphatic carbocycles. The first-order valence-corrected chi connectivity index (χ1v) is 9.09. The number of fused-ring (bicyclic) bond motifs is 1. The second-order valence-corrected chi connectivity index (χ2v) is 7.15. The van der Waals surface area contributed by atoms with Gasteiger partial charge in [0.1, 0.15) is 0 Å². The number of para-hydroxylation sites is 1. The second-order valence-electron chi connectivity index (χ2n) is 6.20. The molecule has 1 unspecified atom stereocenters. The quantitative estimate of drug-likeness (QED) is 0.660. The van der Waals surface area contributed by atoms with Crippen LogP contribution >= 0.6 is 36.2 Å². The maximum atomic E-state index is 12.9. The summed E-state index contributed by atoms with van der Waals surface area (Å²) in [5.74, 6) is 0.470. The number of thiophene rings is 1. The molecule has 7 heteroatoms. The van der Waals surface area contributed by atoms with E-state index in [1.54, 1.807) is 11.3 Å². The van der Waals surface area contributed by atoms with Crippen molar-refractivity contribution >= 4 is 53.0 Å². The Morgan fingerprint density at radius 3 is 2.65 bits per heavy atom. The highest BCUT2D eigenvalue weighted by atomic mass is 35.5. The molecule has 0 aliphatic heterocycles. The molecule has 1 fully saturated rings. The molecule has 26 heavy (non-hydrogen) atoms. The molecular weight excluding hydrogens is 389 g/mol. The Morgan fingerprint density at radius 2 is 2.00 bits per heavy atom. The van der Waals surface area contributed by atoms with Crippen molar-refractivity contribution < 1.29 is 4.79 Å². The third-order valence-electron chi connectivity index (χ3n) is 4.50. The van der Waals surface area contributed by atoms with Crippen LogP contribution in [0.1, 0.15) is 23.2 Å². The molecule has 3 aromatic rings. The highest BCUT2D eigenvalue weighted by molar-refractivity contribution is 7.13. The average molecular weight is 410 g/mol. The van der Waals surface area contributed by atoms with Crippen LogP contribution in [-0.4, -0.2) is 23.5 Å². The minimum absolute atomic E-state index is 0. The number of hydrogen-bond donors (Lipinski definition) is 2. The number of amides is 1. The molecule has 1 aromatic carbocycles. The van der Waals surface area contributed by atoms with Gasteiger partial charge in [-0.25, -0.2) is 4.98 Å². The number of rotatable bonds is 5. The van der Waals surface area contributed by atoms with E-state index in [-0.39, 0.29) is 36.8 Å². The predicted octanol–water partition coefficient (Wildman–Crippen LogP) is 4.27. The second kappa shape index (κ2) is 8.82. The van der Waals surface area contributed by atoms with Gasteiger partial charge in [0.2, 0.25) is 0 Å². The first kappa shape index (κ1) is 20.6. The molecule has 1 atom stereocenters. The van der Waals surface area contributed by atoms with Crippen molar-refractivity contribution in [2.24, 2.45) is 11.7 Å². The first-order chi connectivity index (χ1) is 11.8. The summed E-state index contributed by atoms with van der Waals surface area (Å²) < 4.78 is 0. The van der Waals surface area contributed by atoms with Gasteiger partial charge >= 0.3 is 0 Å². The SMILES string of the molecule is Cl.Cl.NCC(NC(=O)c1cc(-c2cccs2)nc2ccccc12)C1CC1. The highest BCUT2D eigenvalue weighted by Gasteiger charge is 2.31. The predicted molar refractivity (Wildman–Crippen MR) is 113 cm³/mol. The lowest BCUT2D eigenvalue weighted by Gasteiger charge is -2.17. The fraction of sp³-hybridized carbons (Fsp3) is 0.263. The highest BCUT2D eigenvalue weighted by Crippen LogP contribution is 2.33. The molecule has 0 spiro atoms. The van der Waals surface area contributed by atoms with Gasteiger partial charge in [-0.3, -0.25) is 4.79 Å². The van der Waals surface area contributed by atoms with Crippen LogP contribution in [-0.2, 0) is 0 Å². The summed E-state index contributed by atoms with van der Waals surface area (Å²) in [5, 5.41) is 6.02. The summed E-state index contributed by atoms with van der Waals surface area (Å²) in [5.41, 5.74) is 8.18. The molecular formula is C19H21Cl2N3OS. The van der Waals surface area contributed by atoms with E-state index in [9.17, 15) is 4.79 Å². The van der Waals surface area contributed by atoms with Crippen molar-refractivity contribution in [2.45, 2.75) is 18.9 Å². The van der Waals surface area contributed by atoms with Crippen molar-refractivity contribution in [3.8, 4) is 10.6 Å². The van der Waals surface area contributed by atoms with Gasteiger partial charge < -0.3 is 11.1 Å². The van der Waals surface area contributed by atoms with E-state index in [0.29, 0.717) is 18.0 Å². The zero-order chi connectivity index (χ0) is 16.5. The van der Waals surface area contributed by atoms with Gasteiger partial charge in [0, 0.05) is 18.0 Å². The van der Waals surface area contributed by atoms with Crippen molar-refractivity contribution in [1.82, 2.24) is 10.3 Å². The largest absolute Gasteiger partial charge is 0.348 e. The van der Waals surface area contributed by atoms with Crippen molar-refractivity contribution in [3.05, 3.63) is 53.4 Å². The summed E-state index contributed by atoms with van der Waals surface area (Å²) in [6.45, 7) is 0.483. The minimum Gasteiger partial charge on any atom is -0.348 e. The van der Waals surface area contributed by atoms with Crippen molar-refractivity contribution in [1.29, 1.82) is 0 Å². The van der Waals surface area contributed by atoms with Crippen LogP contribution in [0, 0.1) is 5.92 Å². The molecule has 4 rings (SSSR count). The lowest BCUT2D eigenvalue weighted by Crippen LogP contribution is -2.41. The summed E-state index contributed by atoms with van der Waals surface area (Å²) in [6.07, 6.45) is 2.30. The van der Waals surface area contributed by atoms with Gasteiger partial charge in [0.05, 0.1) is 21.7 Å². The maximum absolute atomic E-state index is 12.9. The number of halogens is 2. The number of aromatic nitrogens is 1. The summed E-state index contributed by atoms with van der Waals surface area (Å²) in [6, 6.07) is 13.8. The lowest BCUT2D eigenvalue weighted by atomic mass is 10.1. The number of nitrogens with one attached hydrogen (secondary N) is 1. The molecule has 0 bridgehead atoms. The number of nitrogens with zero attached hydrogens (tertiary/aromatic N) is 1. The van der Waals surface area contributed by atoms with Crippen molar-refractivity contribution in [3.63, 3.8) is 0 Å². The van der Waals surface area contributed by atoms with E-state index < -0.39 is 0 Å². The van der Waals surface area contributed by atoms with Gasteiger partial charge in [-0.15, -0.1) is 36.2 Å². The van der Waals surface area contributed by atoms with Crippen LogP contribution in [0.25, 0.3) is 21.5 Å². The van der Waals surface area contributed by atoms with Gasteiger partial charge in [-0.2, -0.15) is 0 Å². The maximum Gasteiger partial charge on any atom is 0.252 e. The van der Waals surface area contributed by atoms with Gasteiger partial charge in [0.25, 0.3) is 5.91 Å². The molecule has 1 saturated carbocycles. The van der Waals surface area contributed by atoms with E-state index in [1.807, 2.05) is 47.8 Å². The molecule has 0 saturated heterocycles. The van der Waals surface area contributed by atoms with E-state index in [2.05, 4.69) is 5.32 Å². The molecule has 0 radical (unpaired) electrons. The number of carbonyl (C=O) groups excluding carboxylic acids is 1. The number of pyridine rings is 1. The van der Waals surface area contributed by atoms with Crippen LogP contribution in [0.2, 0.25) is 0 Å². The summed E-state index contributed by atoms with van der Waals surface area (Å²) in [4.78, 5) is 18.7. The Bertz CT molecular complexity index is 882. The normalized spacial score (nSPS) is 14.2. The third kappa shape index (κ3) is 4.18. The Labute approximate surface area is 169 Å². The summed E-state index contributed by atoms with van der Waals surface area (Å²) in [7, 11) is 0. The summed E-state index contributed by atoms with van der Waals surface area (Å²) >= 11 is 1.62. The fourth-order valence-corrected chi connectivity index (χ4v) is 3.71. The average Bonchev–Trinajstić information content (AvgIpc) is 3.31. The molecule has 2 aromatic heterocycles. The Hall–Kier alpha value is -1.66. The number of hydrogen-bond acceptors (Lipinski definition) is 4. The lowest BCUT2D eigenvalue weighted by molar-refractivity contribution is 0.0935. The molecule has 138 valence electrons. The van der Waals surface area contributed by atoms with E-state index in [4.69, 9.17) is 10.7 Å². The van der Waals surface area contributed by atoms with Crippen molar-refractivity contribution in [2.75, 3.05) is 6.54 Å². The third-order valence-corrected chi connectivity index (χ3v) is 5.39. The molecule has 3 N–H and O–H groups in total. The Morgan fingerprint density at radius 1 is 1.23 bits per heavy atom. The van der Waals surface area contributed by atoms with Gasteiger partial charge in [0.15, 0.2) is 0 Å². The Kier molecular flexibility index (Phi) is 7.01. The van der Waals surface area contributed by atoms with Gasteiger partial charge in [-0.05, 0) is 42.3 Å². The topological polar surface area (TPSA) is 68.0 Å². The van der Waals surface area contributed by atoms with Crippen LogP contribution in [0.3, 0.4) is 0 Å². The smallest absolute Gasteiger partial charge is 0.252 e. The van der Waals surface area contributed by atoms with E-state index >= 15 is 0 Å². The zero-order valence-electron chi connectivity index (χ0n) is 14.1. The molecule has 4 nitrogen and oxygen atoms in total. The fourth-order valence-electron chi connectivity index (χ4n) is 3.03. The molecule has 2 heterocycles. The van der Waals surface area contributed by atoms with Crippen LogP contribution in [0.4, 0.5) is 0 Å². The standard InChI is InChI=1S/C19H19N3OS.2ClH/c20-11-17(12-7-8-12)22-19(23)14-10-16(18-6-3-9-24-18)21-15-5-2-1-4-13(14)15;;/h1-6,9-10,12,17H,7-8,11,20H2,(H,22,23);2*1H. The minimum atomic E-state index is -0.0613. The van der Waals surface area contributed by atoms with Gasteiger partial charge in [-0.1, -0.05) is 24.3 Å². The number of nitrogens with two attached hydrogens (primary N) is 1. The zero-order valence-corrected chi connectivity index (χ0v) is 16.5.